The lowest BCUT2D eigenvalue weighted by atomic mass is 9.83. The van der Waals surface area contributed by atoms with Gasteiger partial charge in [0.1, 0.15) is 0 Å². The molecule has 1 aliphatic carbocycles. The fourth-order valence-corrected chi connectivity index (χ4v) is 2.95. The summed E-state index contributed by atoms with van der Waals surface area (Å²) in [5, 5.41) is 3.03. The van der Waals surface area contributed by atoms with Gasteiger partial charge >= 0.3 is 6.18 Å². The minimum Gasteiger partial charge on any atom is -0.384 e. The van der Waals surface area contributed by atoms with Gasteiger partial charge in [-0.15, -0.1) is 0 Å². The highest BCUT2D eigenvalue weighted by Gasteiger charge is 2.35. The zero-order valence-electron chi connectivity index (χ0n) is 11.2. The summed E-state index contributed by atoms with van der Waals surface area (Å²) in [5.74, 6) is 0. The number of rotatable bonds is 4. The lowest BCUT2D eigenvalue weighted by Crippen LogP contribution is -2.26. The van der Waals surface area contributed by atoms with Crippen LogP contribution in [0.15, 0.2) is 24.3 Å². The molecular formula is C15H20F3N. The standard InChI is InChI=1S/C15H20F3N/c1-2-14(9-5-6-10-14)11-19-13-8-4-3-7-12(13)15(16,17)18/h3-4,7-8,19H,2,5-6,9-11H2,1H3. The van der Waals surface area contributed by atoms with Crippen molar-refractivity contribution < 1.29 is 13.2 Å². The number of hydrogen-bond donors (Lipinski definition) is 1. The van der Waals surface area contributed by atoms with Gasteiger partial charge < -0.3 is 5.32 Å². The molecular weight excluding hydrogens is 251 g/mol. The van der Waals surface area contributed by atoms with Gasteiger partial charge in [0.15, 0.2) is 0 Å². The second-order valence-corrected chi connectivity index (χ2v) is 5.46. The van der Waals surface area contributed by atoms with E-state index in [4.69, 9.17) is 0 Å². The Balaban J connectivity index is 2.11. The minimum absolute atomic E-state index is 0.179. The van der Waals surface area contributed by atoms with Gasteiger partial charge in [0.2, 0.25) is 0 Å². The van der Waals surface area contributed by atoms with Crippen molar-refractivity contribution in [2.75, 3.05) is 11.9 Å². The summed E-state index contributed by atoms with van der Waals surface area (Å²) in [6.45, 7) is 2.76. The van der Waals surface area contributed by atoms with Crippen LogP contribution in [0.4, 0.5) is 18.9 Å². The van der Waals surface area contributed by atoms with Crippen LogP contribution in [-0.2, 0) is 6.18 Å². The Morgan fingerprint density at radius 2 is 1.79 bits per heavy atom. The highest BCUT2D eigenvalue weighted by molar-refractivity contribution is 5.52. The number of halogens is 3. The van der Waals surface area contributed by atoms with E-state index >= 15 is 0 Å². The summed E-state index contributed by atoms with van der Waals surface area (Å²) >= 11 is 0. The molecule has 0 aliphatic heterocycles. The van der Waals surface area contributed by atoms with Crippen molar-refractivity contribution in [2.24, 2.45) is 5.41 Å². The number of benzene rings is 1. The predicted octanol–water partition coefficient (Wildman–Crippen LogP) is 5.09. The molecule has 19 heavy (non-hydrogen) atoms. The van der Waals surface area contributed by atoms with Crippen molar-refractivity contribution in [1.82, 2.24) is 0 Å². The van der Waals surface area contributed by atoms with Crippen molar-refractivity contribution in [2.45, 2.75) is 45.2 Å². The first kappa shape index (κ1) is 14.2. The summed E-state index contributed by atoms with van der Waals surface area (Å²) in [4.78, 5) is 0. The van der Waals surface area contributed by atoms with Gasteiger partial charge in [0.05, 0.1) is 5.56 Å². The van der Waals surface area contributed by atoms with Gasteiger partial charge in [-0.1, -0.05) is 31.9 Å². The molecule has 0 heterocycles. The lowest BCUT2D eigenvalue weighted by molar-refractivity contribution is -0.137. The van der Waals surface area contributed by atoms with Gasteiger partial charge in [0.25, 0.3) is 0 Å². The van der Waals surface area contributed by atoms with E-state index in [0.717, 1.165) is 25.3 Å². The van der Waals surface area contributed by atoms with Gasteiger partial charge in [0, 0.05) is 12.2 Å². The summed E-state index contributed by atoms with van der Waals surface area (Å²) in [5.41, 5.74) is -0.187. The highest BCUT2D eigenvalue weighted by Crippen LogP contribution is 2.42. The van der Waals surface area contributed by atoms with Crippen molar-refractivity contribution >= 4 is 5.69 Å². The fourth-order valence-electron chi connectivity index (χ4n) is 2.95. The first-order valence-electron chi connectivity index (χ1n) is 6.87. The molecule has 0 unspecified atom stereocenters. The maximum Gasteiger partial charge on any atom is 0.418 e. The van der Waals surface area contributed by atoms with Crippen LogP contribution in [-0.4, -0.2) is 6.54 Å². The molecule has 1 aromatic carbocycles. The predicted molar refractivity (Wildman–Crippen MR) is 71.1 cm³/mol. The molecule has 1 aliphatic rings. The number of para-hydroxylation sites is 1. The maximum absolute atomic E-state index is 12.9. The van der Waals surface area contributed by atoms with Crippen LogP contribution in [0, 0.1) is 5.41 Å². The molecule has 0 saturated heterocycles. The summed E-state index contributed by atoms with van der Waals surface area (Å²) in [6.07, 6.45) is 1.34. The minimum atomic E-state index is -4.29. The Bertz CT molecular complexity index is 420. The van der Waals surface area contributed by atoms with E-state index in [1.54, 1.807) is 6.07 Å². The van der Waals surface area contributed by atoms with Crippen molar-refractivity contribution in [3.63, 3.8) is 0 Å². The van der Waals surface area contributed by atoms with Crippen molar-refractivity contribution in [3.8, 4) is 0 Å². The number of alkyl halides is 3. The molecule has 2 rings (SSSR count). The second-order valence-electron chi connectivity index (χ2n) is 5.46. The molecule has 0 aromatic heterocycles. The van der Waals surface area contributed by atoms with Crippen LogP contribution in [0.5, 0.6) is 0 Å². The molecule has 1 aromatic rings. The Labute approximate surface area is 112 Å². The van der Waals surface area contributed by atoms with Crippen molar-refractivity contribution in [3.05, 3.63) is 29.8 Å². The topological polar surface area (TPSA) is 12.0 Å². The van der Waals surface area contributed by atoms with Gasteiger partial charge in [-0.05, 0) is 36.8 Å². The first-order chi connectivity index (χ1) is 8.97. The van der Waals surface area contributed by atoms with Crippen LogP contribution < -0.4 is 5.32 Å². The lowest BCUT2D eigenvalue weighted by Gasteiger charge is -2.29. The van der Waals surface area contributed by atoms with Gasteiger partial charge in [-0.25, -0.2) is 0 Å². The molecule has 0 atom stereocenters. The number of hydrogen-bond acceptors (Lipinski definition) is 1. The Morgan fingerprint density at radius 1 is 1.16 bits per heavy atom. The molecule has 1 fully saturated rings. The Morgan fingerprint density at radius 3 is 2.37 bits per heavy atom. The zero-order valence-corrected chi connectivity index (χ0v) is 11.2. The third kappa shape index (κ3) is 3.23. The van der Waals surface area contributed by atoms with E-state index in [9.17, 15) is 13.2 Å². The average Bonchev–Trinajstić information content (AvgIpc) is 2.85. The molecule has 0 amide bonds. The van der Waals surface area contributed by atoms with Crippen LogP contribution in [0.3, 0.4) is 0 Å². The van der Waals surface area contributed by atoms with Crippen LogP contribution >= 0.6 is 0 Å². The van der Waals surface area contributed by atoms with Gasteiger partial charge in [-0.3, -0.25) is 0 Å². The Hall–Kier alpha value is -1.19. The SMILES string of the molecule is CCC1(CNc2ccccc2C(F)(F)F)CCCC1. The van der Waals surface area contributed by atoms with Crippen molar-refractivity contribution in [1.29, 1.82) is 0 Å². The maximum atomic E-state index is 12.9. The van der Waals surface area contributed by atoms with E-state index in [1.807, 2.05) is 0 Å². The second kappa shape index (κ2) is 5.43. The van der Waals surface area contributed by atoms with E-state index < -0.39 is 11.7 Å². The Kier molecular flexibility index (Phi) is 4.07. The molecule has 1 saturated carbocycles. The molecule has 0 bridgehead atoms. The molecule has 0 radical (unpaired) electrons. The zero-order chi connectivity index (χ0) is 13.9. The van der Waals surface area contributed by atoms with Crippen LogP contribution in [0.25, 0.3) is 0 Å². The molecule has 0 spiro atoms. The molecule has 4 heteroatoms. The van der Waals surface area contributed by atoms with E-state index in [2.05, 4.69) is 12.2 Å². The van der Waals surface area contributed by atoms with E-state index in [0.29, 0.717) is 6.54 Å². The monoisotopic (exact) mass is 271 g/mol. The average molecular weight is 271 g/mol. The van der Waals surface area contributed by atoms with Crippen LogP contribution in [0.1, 0.15) is 44.6 Å². The first-order valence-corrected chi connectivity index (χ1v) is 6.87. The van der Waals surface area contributed by atoms with E-state index in [1.165, 1.54) is 25.0 Å². The molecule has 1 N–H and O–H groups in total. The molecule has 106 valence electrons. The molecule has 1 nitrogen and oxygen atoms in total. The summed E-state index contributed by atoms with van der Waals surface area (Å²) < 4.78 is 38.7. The summed E-state index contributed by atoms with van der Waals surface area (Å²) in [6, 6.07) is 5.72. The smallest absolute Gasteiger partial charge is 0.384 e. The third-order valence-electron chi connectivity index (χ3n) is 4.30. The number of nitrogens with one attached hydrogen (secondary N) is 1. The third-order valence-corrected chi connectivity index (χ3v) is 4.30. The normalized spacial score (nSPS) is 18.5. The summed E-state index contributed by atoms with van der Waals surface area (Å²) in [7, 11) is 0. The largest absolute Gasteiger partial charge is 0.418 e. The number of anilines is 1. The van der Waals surface area contributed by atoms with Crippen LogP contribution in [0.2, 0.25) is 0 Å². The fraction of sp³-hybridized carbons (Fsp3) is 0.600. The quantitative estimate of drug-likeness (QED) is 0.804. The van der Waals surface area contributed by atoms with E-state index in [-0.39, 0.29) is 11.1 Å². The van der Waals surface area contributed by atoms with Gasteiger partial charge in [-0.2, -0.15) is 13.2 Å². The highest BCUT2D eigenvalue weighted by atomic mass is 19.4.